The van der Waals surface area contributed by atoms with E-state index in [1.165, 1.54) is 14.2 Å². The maximum atomic E-state index is 13.9. The number of benzene rings is 3. The molecule has 8 nitrogen and oxygen atoms in total. The molecule has 1 N–H and O–H groups in total. The maximum Gasteiger partial charge on any atom is 0.254 e. The molecule has 0 bridgehead atoms. The second-order valence-corrected chi connectivity index (χ2v) is 8.10. The highest BCUT2D eigenvalue weighted by Gasteiger charge is 2.43. The van der Waals surface area contributed by atoms with E-state index in [4.69, 9.17) is 18.9 Å². The number of ether oxygens (including phenoxy) is 4. The van der Waals surface area contributed by atoms with Crippen molar-refractivity contribution in [3.8, 4) is 23.0 Å². The fraction of sp³-hybridized carbons (Fsp3) is 0.259. The van der Waals surface area contributed by atoms with Crippen LogP contribution in [0.2, 0.25) is 0 Å². The van der Waals surface area contributed by atoms with Crippen molar-refractivity contribution < 1.29 is 28.5 Å². The van der Waals surface area contributed by atoms with Gasteiger partial charge in [0.1, 0.15) is 11.5 Å². The number of methoxy groups -OCH3 is 4. The van der Waals surface area contributed by atoms with Crippen LogP contribution in [-0.2, 0) is 4.79 Å². The minimum Gasteiger partial charge on any atom is -0.497 e. The Bertz CT molecular complexity index is 1240. The molecule has 0 saturated carbocycles. The molecule has 182 valence electrons. The van der Waals surface area contributed by atoms with E-state index < -0.39 is 12.0 Å². The quantitative estimate of drug-likeness (QED) is 0.548. The van der Waals surface area contributed by atoms with Crippen LogP contribution in [0.15, 0.2) is 60.7 Å². The van der Waals surface area contributed by atoms with E-state index in [1.54, 1.807) is 50.4 Å². The van der Waals surface area contributed by atoms with Crippen molar-refractivity contribution in [3.63, 3.8) is 0 Å². The number of likely N-dealkylation sites (N-methyl/N-ethyl adjacent to an activating group) is 1. The molecule has 0 aliphatic carbocycles. The van der Waals surface area contributed by atoms with Crippen molar-refractivity contribution in [2.75, 3.05) is 40.8 Å². The summed E-state index contributed by atoms with van der Waals surface area (Å²) in [6, 6.07) is 17.3. The molecule has 1 aliphatic rings. The predicted octanol–water partition coefficient (Wildman–Crippen LogP) is 4.27. The van der Waals surface area contributed by atoms with Crippen LogP contribution in [0, 0.1) is 0 Å². The summed E-state index contributed by atoms with van der Waals surface area (Å²) < 4.78 is 21.6. The van der Waals surface area contributed by atoms with Crippen LogP contribution >= 0.6 is 0 Å². The summed E-state index contributed by atoms with van der Waals surface area (Å²) in [5, 5.41) is 3.00. The molecule has 0 radical (unpaired) electrons. The Balaban J connectivity index is 1.88. The van der Waals surface area contributed by atoms with E-state index in [-0.39, 0.29) is 11.8 Å². The van der Waals surface area contributed by atoms with Crippen LogP contribution in [0.4, 0.5) is 5.69 Å². The maximum absolute atomic E-state index is 13.9. The third kappa shape index (κ3) is 4.35. The molecule has 3 aromatic carbocycles. The largest absolute Gasteiger partial charge is 0.497 e. The predicted molar refractivity (Wildman–Crippen MR) is 132 cm³/mol. The first-order valence-corrected chi connectivity index (χ1v) is 11.0. The number of fused-ring (bicyclic) bond motifs is 1. The van der Waals surface area contributed by atoms with E-state index in [0.29, 0.717) is 39.8 Å². The monoisotopic (exact) mass is 476 g/mol. The molecule has 4 rings (SSSR count). The van der Waals surface area contributed by atoms with Crippen molar-refractivity contribution in [1.29, 1.82) is 0 Å². The fourth-order valence-corrected chi connectivity index (χ4v) is 4.51. The molecule has 0 saturated heterocycles. The number of nitrogens with zero attached hydrogens (tertiary/aromatic N) is 1. The molecule has 2 amide bonds. The zero-order valence-corrected chi connectivity index (χ0v) is 20.3. The number of carbonyl (C=O) groups is 2. The zero-order chi connectivity index (χ0) is 25.1. The van der Waals surface area contributed by atoms with Crippen LogP contribution < -0.4 is 24.3 Å². The average Bonchev–Trinajstić information content (AvgIpc) is 2.90. The summed E-state index contributed by atoms with van der Waals surface area (Å²) >= 11 is 0. The third-order valence-electron chi connectivity index (χ3n) is 6.28. The van der Waals surface area contributed by atoms with Crippen LogP contribution in [0.25, 0.3) is 0 Å². The number of nitrogens with one attached hydrogen (secondary N) is 1. The molecule has 0 fully saturated rings. The lowest BCUT2D eigenvalue weighted by Gasteiger charge is -2.40. The molecule has 1 heterocycles. The van der Waals surface area contributed by atoms with Crippen molar-refractivity contribution in [1.82, 2.24) is 4.90 Å². The number of para-hydroxylation sites is 2. The molecule has 2 atom stereocenters. The summed E-state index contributed by atoms with van der Waals surface area (Å²) in [7, 11) is 7.86. The van der Waals surface area contributed by atoms with Gasteiger partial charge in [0.25, 0.3) is 5.91 Å². The van der Waals surface area contributed by atoms with Crippen molar-refractivity contribution in [3.05, 3.63) is 77.4 Å². The van der Waals surface area contributed by atoms with Crippen LogP contribution in [0.3, 0.4) is 0 Å². The van der Waals surface area contributed by atoms with Gasteiger partial charge < -0.3 is 29.2 Å². The Morgan fingerprint density at radius 2 is 1.46 bits per heavy atom. The molecule has 3 aromatic rings. The van der Waals surface area contributed by atoms with Gasteiger partial charge in [-0.2, -0.15) is 0 Å². The molecular weight excluding hydrogens is 448 g/mol. The van der Waals surface area contributed by atoms with Crippen LogP contribution in [-0.4, -0.2) is 52.2 Å². The third-order valence-corrected chi connectivity index (χ3v) is 6.28. The van der Waals surface area contributed by atoms with Gasteiger partial charge in [-0.05, 0) is 47.5 Å². The number of hydrogen-bond acceptors (Lipinski definition) is 6. The van der Waals surface area contributed by atoms with Crippen LogP contribution in [0.1, 0.15) is 33.4 Å². The summed E-state index contributed by atoms with van der Waals surface area (Å²) in [4.78, 5) is 29.0. The van der Waals surface area contributed by atoms with Gasteiger partial charge in [-0.1, -0.05) is 24.3 Å². The molecule has 1 aliphatic heterocycles. The second-order valence-electron chi connectivity index (χ2n) is 8.10. The first-order valence-electron chi connectivity index (χ1n) is 11.0. The lowest BCUT2D eigenvalue weighted by molar-refractivity contribution is -0.119. The van der Waals surface area contributed by atoms with Gasteiger partial charge in [0.05, 0.1) is 46.1 Å². The van der Waals surface area contributed by atoms with Gasteiger partial charge in [0, 0.05) is 12.6 Å². The normalized spacial score (nSPS) is 16.8. The van der Waals surface area contributed by atoms with Gasteiger partial charge in [0.15, 0.2) is 11.5 Å². The fourth-order valence-electron chi connectivity index (χ4n) is 4.51. The smallest absolute Gasteiger partial charge is 0.254 e. The Morgan fingerprint density at radius 3 is 2.09 bits per heavy atom. The lowest BCUT2D eigenvalue weighted by Crippen LogP contribution is -2.44. The Morgan fingerprint density at radius 1 is 0.829 bits per heavy atom. The van der Waals surface area contributed by atoms with E-state index in [1.807, 2.05) is 36.4 Å². The molecular formula is C27H28N2O6. The van der Waals surface area contributed by atoms with Gasteiger partial charge in [-0.3, -0.25) is 9.59 Å². The highest BCUT2D eigenvalue weighted by Crippen LogP contribution is 2.46. The van der Waals surface area contributed by atoms with E-state index in [2.05, 4.69) is 5.32 Å². The minimum absolute atomic E-state index is 0.219. The van der Waals surface area contributed by atoms with Crippen molar-refractivity contribution in [2.24, 2.45) is 0 Å². The Hall–Kier alpha value is -4.20. The topological polar surface area (TPSA) is 86.3 Å². The van der Waals surface area contributed by atoms with Crippen molar-refractivity contribution in [2.45, 2.75) is 12.0 Å². The standard InChI is InChI=1S/C27H28N2O6/c1-29-25(16-10-12-17(32-2)13-11-16)24(26(30)28-20-8-6-7-9-21(20)33-3)18-14-22(34-4)23(35-5)15-19(18)27(29)31/h6-15,24-25H,1-5H3,(H,28,30)/t24-,25+/m1/s1. The number of rotatable bonds is 7. The zero-order valence-electron chi connectivity index (χ0n) is 20.3. The van der Waals surface area contributed by atoms with E-state index in [0.717, 1.165) is 5.56 Å². The molecule has 35 heavy (non-hydrogen) atoms. The first kappa shape index (κ1) is 23.9. The van der Waals surface area contributed by atoms with Crippen LogP contribution in [0.5, 0.6) is 23.0 Å². The summed E-state index contributed by atoms with van der Waals surface area (Å²) in [6.07, 6.45) is 0. The second kappa shape index (κ2) is 9.97. The average molecular weight is 477 g/mol. The molecule has 0 spiro atoms. The lowest BCUT2D eigenvalue weighted by atomic mass is 9.79. The summed E-state index contributed by atoms with van der Waals surface area (Å²) in [6.45, 7) is 0. The van der Waals surface area contributed by atoms with Gasteiger partial charge in [-0.25, -0.2) is 0 Å². The van der Waals surface area contributed by atoms with E-state index >= 15 is 0 Å². The van der Waals surface area contributed by atoms with Gasteiger partial charge in [-0.15, -0.1) is 0 Å². The molecule has 0 unspecified atom stereocenters. The Labute approximate surface area is 204 Å². The molecule has 8 heteroatoms. The SMILES string of the molecule is COc1ccc([C@H]2[C@H](C(=O)Nc3ccccc3OC)c3cc(OC)c(OC)cc3C(=O)N2C)cc1. The number of carbonyl (C=O) groups excluding carboxylic acids is 2. The van der Waals surface area contributed by atoms with Crippen molar-refractivity contribution >= 4 is 17.5 Å². The highest BCUT2D eigenvalue weighted by atomic mass is 16.5. The number of hydrogen-bond donors (Lipinski definition) is 1. The van der Waals surface area contributed by atoms with Gasteiger partial charge in [0.2, 0.25) is 5.91 Å². The first-order chi connectivity index (χ1) is 16.9. The molecule has 0 aromatic heterocycles. The number of anilines is 1. The van der Waals surface area contributed by atoms with E-state index in [9.17, 15) is 9.59 Å². The Kier molecular flexibility index (Phi) is 6.82. The summed E-state index contributed by atoms with van der Waals surface area (Å²) in [5.74, 6) is 0.819. The number of amides is 2. The summed E-state index contributed by atoms with van der Waals surface area (Å²) in [5.41, 5.74) is 2.27. The van der Waals surface area contributed by atoms with Gasteiger partial charge >= 0.3 is 0 Å². The highest BCUT2D eigenvalue weighted by molar-refractivity contribution is 6.05. The minimum atomic E-state index is -0.745.